The molecular weight excluding hydrogens is 274 g/mol. The van der Waals surface area contributed by atoms with Crippen LogP contribution in [0.4, 0.5) is 8.78 Å². The molecule has 2 rings (SSSR count). The van der Waals surface area contributed by atoms with Crippen LogP contribution in [0.1, 0.15) is 51.6 Å². The molecule has 1 aromatic rings. The summed E-state index contributed by atoms with van der Waals surface area (Å²) in [5, 5.41) is 2.32. The van der Waals surface area contributed by atoms with Crippen LogP contribution in [0.5, 0.6) is 5.75 Å². The predicted octanol–water partition coefficient (Wildman–Crippen LogP) is 4.12. The molecule has 1 aromatic carbocycles. The first-order valence-electron chi connectivity index (χ1n) is 7.56. The third-order valence-electron chi connectivity index (χ3n) is 4.14. The smallest absolute Gasteiger partial charge is 0.387 e. The third-order valence-corrected chi connectivity index (χ3v) is 4.14. The Kier molecular flexibility index (Phi) is 5.53. The molecule has 118 valence electrons. The minimum atomic E-state index is -2.78. The van der Waals surface area contributed by atoms with Crippen LogP contribution >= 0.6 is 0 Å². The fraction of sp³-hybridized carbons (Fsp3) is 0.625. The van der Waals surface area contributed by atoms with E-state index < -0.39 is 6.61 Å². The fourth-order valence-electron chi connectivity index (χ4n) is 2.91. The van der Waals surface area contributed by atoms with Gasteiger partial charge < -0.3 is 4.74 Å². The first-order valence-corrected chi connectivity index (χ1v) is 7.56. The second-order valence-electron chi connectivity index (χ2n) is 5.83. The number of hydrogen-bond acceptors (Lipinski definition) is 3. The molecule has 0 bridgehead atoms. The van der Waals surface area contributed by atoms with Crippen LogP contribution in [0.25, 0.3) is 0 Å². The summed E-state index contributed by atoms with van der Waals surface area (Å²) in [4.78, 5) is 0. The molecule has 5 heteroatoms. The number of nitrogens with one attached hydrogen (secondary N) is 1. The van der Waals surface area contributed by atoms with Crippen molar-refractivity contribution in [3.8, 4) is 5.75 Å². The molecule has 1 aliphatic rings. The van der Waals surface area contributed by atoms with Gasteiger partial charge in [-0.1, -0.05) is 18.6 Å². The highest BCUT2D eigenvalue weighted by molar-refractivity contribution is 5.28. The zero-order chi connectivity index (χ0) is 15.4. The van der Waals surface area contributed by atoms with Gasteiger partial charge in [0.2, 0.25) is 0 Å². The molecule has 0 aromatic heterocycles. The van der Waals surface area contributed by atoms with E-state index in [9.17, 15) is 8.78 Å². The summed E-state index contributed by atoms with van der Waals surface area (Å²) in [5.74, 6) is 0.195. The van der Waals surface area contributed by atoms with Gasteiger partial charge in [0.1, 0.15) is 5.75 Å². The van der Waals surface area contributed by atoms with E-state index in [1.807, 2.05) is 12.1 Å². The van der Waals surface area contributed by atoms with Crippen LogP contribution in [0.15, 0.2) is 24.3 Å². The Morgan fingerprint density at radius 1 is 1.14 bits per heavy atom. The van der Waals surface area contributed by atoms with E-state index in [2.05, 4.69) is 35.9 Å². The molecule has 1 saturated heterocycles. The summed E-state index contributed by atoms with van der Waals surface area (Å²) in [6.45, 7) is 3.77. The highest BCUT2D eigenvalue weighted by atomic mass is 19.3. The number of ether oxygens (including phenoxy) is 1. The van der Waals surface area contributed by atoms with E-state index in [0.717, 1.165) is 5.56 Å². The van der Waals surface area contributed by atoms with Crippen molar-refractivity contribution < 1.29 is 13.5 Å². The van der Waals surface area contributed by atoms with E-state index in [-0.39, 0.29) is 11.8 Å². The summed E-state index contributed by atoms with van der Waals surface area (Å²) in [7, 11) is 0. The van der Waals surface area contributed by atoms with E-state index in [4.69, 9.17) is 0 Å². The SMILES string of the molecule is CC(NN1C(C)CCCC1C)c1ccc(OC(F)F)cc1. The van der Waals surface area contributed by atoms with Gasteiger partial charge in [-0.25, -0.2) is 10.4 Å². The minimum absolute atomic E-state index is 0.133. The van der Waals surface area contributed by atoms with Gasteiger partial charge in [0.25, 0.3) is 0 Å². The van der Waals surface area contributed by atoms with Crippen molar-refractivity contribution in [2.75, 3.05) is 0 Å². The van der Waals surface area contributed by atoms with E-state index in [1.165, 1.54) is 19.3 Å². The molecule has 1 aliphatic heterocycles. The number of nitrogens with zero attached hydrogens (tertiary/aromatic N) is 1. The van der Waals surface area contributed by atoms with Gasteiger partial charge in [0.05, 0.1) is 0 Å². The molecular formula is C16H24F2N2O. The topological polar surface area (TPSA) is 24.5 Å². The van der Waals surface area contributed by atoms with Gasteiger partial charge in [-0.05, 0) is 51.3 Å². The Hall–Kier alpha value is -1.20. The number of hydrogen-bond donors (Lipinski definition) is 1. The van der Waals surface area contributed by atoms with Crippen molar-refractivity contribution in [3.05, 3.63) is 29.8 Å². The van der Waals surface area contributed by atoms with Crippen molar-refractivity contribution in [2.24, 2.45) is 0 Å². The highest BCUT2D eigenvalue weighted by Crippen LogP contribution is 2.24. The van der Waals surface area contributed by atoms with E-state index in [1.54, 1.807) is 12.1 Å². The highest BCUT2D eigenvalue weighted by Gasteiger charge is 2.25. The number of rotatable bonds is 5. The van der Waals surface area contributed by atoms with E-state index >= 15 is 0 Å². The quantitative estimate of drug-likeness (QED) is 0.885. The Labute approximate surface area is 125 Å². The van der Waals surface area contributed by atoms with Crippen molar-refractivity contribution in [1.29, 1.82) is 0 Å². The van der Waals surface area contributed by atoms with Gasteiger partial charge in [0.15, 0.2) is 0 Å². The maximum atomic E-state index is 12.1. The van der Waals surface area contributed by atoms with Crippen LogP contribution in [0.2, 0.25) is 0 Å². The van der Waals surface area contributed by atoms with E-state index in [0.29, 0.717) is 12.1 Å². The first kappa shape index (κ1) is 16.2. The summed E-state index contributed by atoms with van der Waals surface area (Å²) >= 11 is 0. The molecule has 0 saturated carbocycles. The van der Waals surface area contributed by atoms with Crippen LogP contribution < -0.4 is 10.2 Å². The fourth-order valence-corrected chi connectivity index (χ4v) is 2.91. The zero-order valence-electron chi connectivity index (χ0n) is 12.9. The van der Waals surface area contributed by atoms with Gasteiger partial charge in [-0.15, -0.1) is 0 Å². The minimum Gasteiger partial charge on any atom is -0.435 e. The molecule has 0 amide bonds. The molecule has 1 N–H and O–H groups in total. The van der Waals surface area contributed by atoms with Crippen molar-refractivity contribution in [3.63, 3.8) is 0 Å². The van der Waals surface area contributed by atoms with Crippen LogP contribution in [-0.2, 0) is 0 Å². The largest absolute Gasteiger partial charge is 0.435 e. The average molecular weight is 298 g/mol. The summed E-state index contributed by atoms with van der Waals surface area (Å²) in [6.07, 6.45) is 3.67. The van der Waals surface area contributed by atoms with Crippen molar-refractivity contribution in [2.45, 2.75) is 64.8 Å². The number of hydrazine groups is 1. The van der Waals surface area contributed by atoms with Gasteiger partial charge in [-0.3, -0.25) is 0 Å². The van der Waals surface area contributed by atoms with Crippen LogP contribution in [0, 0.1) is 0 Å². The van der Waals surface area contributed by atoms with Gasteiger partial charge in [0, 0.05) is 18.1 Å². The summed E-state index contributed by atoms with van der Waals surface area (Å²) in [6, 6.07) is 7.98. The molecule has 0 aliphatic carbocycles. The Balaban J connectivity index is 1.97. The maximum Gasteiger partial charge on any atom is 0.387 e. The monoisotopic (exact) mass is 298 g/mol. The molecule has 1 fully saturated rings. The Bertz CT molecular complexity index is 428. The number of piperidine rings is 1. The Morgan fingerprint density at radius 2 is 1.71 bits per heavy atom. The molecule has 21 heavy (non-hydrogen) atoms. The lowest BCUT2D eigenvalue weighted by Crippen LogP contribution is -2.52. The second kappa shape index (κ2) is 7.18. The zero-order valence-corrected chi connectivity index (χ0v) is 12.9. The van der Waals surface area contributed by atoms with Gasteiger partial charge >= 0.3 is 6.61 Å². The first-order chi connectivity index (χ1) is 9.97. The molecule has 3 atom stereocenters. The van der Waals surface area contributed by atoms with Crippen molar-refractivity contribution >= 4 is 0 Å². The van der Waals surface area contributed by atoms with Gasteiger partial charge in [-0.2, -0.15) is 8.78 Å². The molecule has 0 spiro atoms. The van der Waals surface area contributed by atoms with Crippen LogP contribution in [0.3, 0.4) is 0 Å². The molecule has 1 heterocycles. The summed E-state index contributed by atoms with van der Waals surface area (Å²) in [5.41, 5.74) is 4.60. The Morgan fingerprint density at radius 3 is 2.24 bits per heavy atom. The standard InChI is InChI=1S/C16H24F2N2O/c1-11-5-4-6-12(2)20(11)19-13(3)14-7-9-15(10-8-14)21-16(17)18/h7-13,16,19H,4-6H2,1-3H3. The normalized spacial score (nSPS) is 25.0. The summed E-state index contributed by atoms with van der Waals surface area (Å²) < 4.78 is 28.6. The lowest BCUT2D eigenvalue weighted by Gasteiger charge is -2.41. The van der Waals surface area contributed by atoms with Crippen LogP contribution in [-0.4, -0.2) is 23.7 Å². The molecule has 3 unspecified atom stereocenters. The number of halogens is 2. The second-order valence-corrected chi connectivity index (χ2v) is 5.83. The molecule has 3 nitrogen and oxygen atoms in total. The predicted molar refractivity (Wildman–Crippen MR) is 79.2 cm³/mol. The maximum absolute atomic E-state index is 12.1. The lowest BCUT2D eigenvalue weighted by molar-refractivity contribution is -0.0498. The molecule has 0 radical (unpaired) electrons. The van der Waals surface area contributed by atoms with Crippen molar-refractivity contribution in [1.82, 2.24) is 10.4 Å². The third kappa shape index (κ3) is 4.38. The number of alkyl halides is 2. The average Bonchev–Trinajstić information content (AvgIpc) is 2.43. The number of benzene rings is 1. The lowest BCUT2D eigenvalue weighted by atomic mass is 9.99.